The Bertz CT molecular complexity index is 513. The van der Waals surface area contributed by atoms with Gasteiger partial charge < -0.3 is 0 Å². The van der Waals surface area contributed by atoms with Crippen LogP contribution in [0.2, 0.25) is 0 Å². The van der Waals surface area contributed by atoms with Crippen molar-refractivity contribution in [2.24, 2.45) is 5.92 Å². The molecule has 0 bridgehead atoms. The molecule has 1 aliphatic rings. The normalized spacial score (nSPS) is 17.1. The third kappa shape index (κ3) is 3.39. The summed E-state index contributed by atoms with van der Waals surface area (Å²) in [6.45, 7) is 3.83. The predicted octanol–water partition coefficient (Wildman–Crippen LogP) is 2.50. The second kappa shape index (κ2) is 5.94. The fraction of sp³-hybridized carbons (Fsp3) is 0.467. The molecule has 1 fully saturated rings. The van der Waals surface area contributed by atoms with Crippen molar-refractivity contribution in [1.82, 2.24) is 4.90 Å². The van der Waals surface area contributed by atoms with Crippen molar-refractivity contribution in [2.45, 2.75) is 26.3 Å². The van der Waals surface area contributed by atoms with Crippen LogP contribution in [0.3, 0.4) is 0 Å². The van der Waals surface area contributed by atoms with Crippen molar-refractivity contribution in [1.29, 1.82) is 5.26 Å². The van der Waals surface area contributed by atoms with E-state index >= 15 is 0 Å². The average molecular weight is 260 g/mol. The number of ketones is 1. The van der Waals surface area contributed by atoms with E-state index in [4.69, 9.17) is 5.26 Å². The molecule has 1 saturated heterocycles. The highest BCUT2D eigenvalue weighted by atomic mass is 19.1. The Balaban J connectivity index is 1.96. The number of carbonyl (C=O) groups excluding carboxylic acids is 1. The lowest BCUT2D eigenvalue weighted by molar-refractivity contribution is -0.122. The smallest absolute Gasteiger partial charge is 0.133 e. The maximum Gasteiger partial charge on any atom is 0.133 e. The average Bonchev–Trinajstić information content (AvgIpc) is 2.41. The second-order valence-electron chi connectivity index (χ2n) is 5.08. The summed E-state index contributed by atoms with van der Waals surface area (Å²) >= 11 is 0. The molecule has 0 aromatic heterocycles. The van der Waals surface area contributed by atoms with Crippen LogP contribution in [-0.2, 0) is 11.3 Å². The molecule has 1 heterocycles. The van der Waals surface area contributed by atoms with Gasteiger partial charge in [-0.1, -0.05) is 6.07 Å². The van der Waals surface area contributed by atoms with Crippen molar-refractivity contribution in [3.8, 4) is 6.07 Å². The maximum absolute atomic E-state index is 13.8. The minimum Gasteiger partial charge on any atom is -0.300 e. The van der Waals surface area contributed by atoms with E-state index in [9.17, 15) is 9.18 Å². The lowest BCUT2D eigenvalue weighted by Crippen LogP contribution is -2.35. The SMILES string of the molecule is CC(=O)C1CCN(Cc2ccc(C#N)cc2F)CC1. The number of nitriles is 1. The molecule has 4 heteroatoms. The Morgan fingerprint density at radius 3 is 2.68 bits per heavy atom. The highest BCUT2D eigenvalue weighted by Crippen LogP contribution is 2.20. The summed E-state index contributed by atoms with van der Waals surface area (Å²) in [7, 11) is 0. The fourth-order valence-corrected chi connectivity index (χ4v) is 2.48. The van der Waals surface area contributed by atoms with Crippen LogP contribution in [0.25, 0.3) is 0 Å². The Labute approximate surface area is 112 Å². The zero-order valence-corrected chi connectivity index (χ0v) is 11.0. The number of benzene rings is 1. The standard InChI is InChI=1S/C15H17FN2O/c1-11(19)13-4-6-18(7-5-13)10-14-3-2-12(9-17)8-15(14)16/h2-3,8,13H,4-7,10H2,1H3. The molecule has 19 heavy (non-hydrogen) atoms. The molecule has 1 aliphatic heterocycles. The van der Waals surface area contributed by atoms with Crippen molar-refractivity contribution in [3.05, 3.63) is 35.1 Å². The first-order valence-electron chi connectivity index (χ1n) is 6.51. The van der Waals surface area contributed by atoms with Crippen LogP contribution in [0.5, 0.6) is 0 Å². The highest BCUT2D eigenvalue weighted by molar-refractivity contribution is 5.78. The summed E-state index contributed by atoms with van der Waals surface area (Å²) in [5, 5.41) is 8.70. The van der Waals surface area contributed by atoms with Gasteiger partial charge in [0.2, 0.25) is 0 Å². The van der Waals surface area contributed by atoms with Crippen molar-refractivity contribution in [2.75, 3.05) is 13.1 Å². The van der Waals surface area contributed by atoms with Gasteiger partial charge in [-0.05, 0) is 45.0 Å². The van der Waals surface area contributed by atoms with E-state index in [1.165, 1.54) is 6.07 Å². The van der Waals surface area contributed by atoms with E-state index in [2.05, 4.69) is 4.90 Å². The van der Waals surface area contributed by atoms with Crippen LogP contribution in [0.1, 0.15) is 30.9 Å². The molecule has 1 aromatic carbocycles. The van der Waals surface area contributed by atoms with Crippen molar-refractivity contribution in [3.63, 3.8) is 0 Å². The Morgan fingerprint density at radius 1 is 1.47 bits per heavy atom. The number of Topliss-reactive ketones (excluding diaryl/α,β-unsaturated/α-hetero) is 1. The highest BCUT2D eigenvalue weighted by Gasteiger charge is 2.22. The van der Waals surface area contributed by atoms with E-state index in [0.29, 0.717) is 17.7 Å². The number of hydrogen-bond acceptors (Lipinski definition) is 3. The molecule has 1 aromatic rings. The van der Waals surface area contributed by atoms with E-state index in [-0.39, 0.29) is 17.5 Å². The van der Waals surface area contributed by atoms with E-state index < -0.39 is 0 Å². The minimum absolute atomic E-state index is 0.169. The summed E-state index contributed by atoms with van der Waals surface area (Å²) in [5.74, 6) is 0.0963. The van der Waals surface area contributed by atoms with E-state index in [0.717, 1.165) is 25.9 Å². The summed E-state index contributed by atoms with van der Waals surface area (Å²) in [4.78, 5) is 13.4. The van der Waals surface area contributed by atoms with Gasteiger partial charge in [-0.15, -0.1) is 0 Å². The quantitative estimate of drug-likeness (QED) is 0.838. The van der Waals surface area contributed by atoms with E-state index in [1.807, 2.05) is 6.07 Å². The molecule has 0 amide bonds. The van der Waals surface area contributed by atoms with Crippen LogP contribution in [0.15, 0.2) is 18.2 Å². The fourth-order valence-electron chi connectivity index (χ4n) is 2.48. The largest absolute Gasteiger partial charge is 0.300 e. The van der Waals surface area contributed by atoms with Gasteiger partial charge in [-0.25, -0.2) is 4.39 Å². The molecular weight excluding hydrogens is 243 g/mol. The number of hydrogen-bond donors (Lipinski definition) is 0. The molecular formula is C15H17FN2O. The molecule has 0 aliphatic carbocycles. The van der Waals surface area contributed by atoms with Crippen LogP contribution in [-0.4, -0.2) is 23.8 Å². The lowest BCUT2D eigenvalue weighted by Gasteiger charge is -2.30. The third-order valence-electron chi connectivity index (χ3n) is 3.74. The zero-order chi connectivity index (χ0) is 13.8. The van der Waals surface area contributed by atoms with Gasteiger partial charge in [-0.3, -0.25) is 9.69 Å². The molecule has 3 nitrogen and oxygen atoms in total. The summed E-state index contributed by atoms with van der Waals surface area (Å²) in [6, 6.07) is 6.51. The molecule has 2 rings (SSSR count). The summed E-state index contributed by atoms with van der Waals surface area (Å²) < 4.78 is 13.8. The van der Waals surface area contributed by atoms with Gasteiger partial charge in [0.05, 0.1) is 11.6 Å². The van der Waals surface area contributed by atoms with Gasteiger partial charge in [0.1, 0.15) is 11.6 Å². The van der Waals surface area contributed by atoms with E-state index in [1.54, 1.807) is 19.1 Å². The number of halogens is 1. The second-order valence-corrected chi connectivity index (χ2v) is 5.08. The number of piperidine rings is 1. The lowest BCUT2D eigenvalue weighted by atomic mass is 9.93. The van der Waals surface area contributed by atoms with Gasteiger partial charge in [0.15, 0.2) is 0 Å². The molecule has 0 saturated carbocycles. The predicted molar refractivity (Wildman–Crippen MR) is 69.8 cm³/mol. The van der Waals surface area contributed by atoms with Gasteiger partial charge in [0.25, 0.3) is 0 Å². The molecule has 0 radical (unpaired) electrons. The number of likely N-dealkylation sites (tertiary alicyclic amines) is 1. The number of carbonyl (C=O) groups is 1. The Morgan fingerprint density at radius 2 is 2.16 bits per heavy atom. The Kier molecular flexibility index (Phi) is 4.28. The van der Waals surface area contributed by atoms with Gasteiger partial charge in [0, 0.05) is 18.0 Å². The zero-order valence-electron chi connectivity index (χ0n) is 11.0. The topological polar surface area (TPSA) is 44.1 Å². The maximum atomic E-state index is 13.8. The van der Waals surface area contributed by atoms with Crippen LogP contribution in [0, 0.1) is 23.1 Å². The molecule has 0 spiro atoms. The molecule has 100 valence electrons. The molecule has 0 unspecified atom stereocenters. The van der Waals surface area contributed by atoms with Crippen molar-refractivity contribution < 1.29 is 9.18 Å². The molecule has 0 atom stereocenters. The van der Waals surface area contributed by atoms with Gasteiger partial charge in [-0.2, -0.15) is 5.26 Å². The van der Waals surface area contributed by atoms with Crippen LogP contribution >= 0.6 is 0 Å². The molecule has 0 N–H and O–H groups in total. The van der Waals surface area contributed by atoms with Crippen LogP contribution < -0.4 is 0 Å². The van der Waals surface area contributed by atoms with Crippen molar-refractivity contribution >= 4 is 5.78 Å². The minimum atomic E-state index is -0.326. The number of nitrogens with zero attached hydrogens (tertiary/aromatic N) is 2. The Hall–Kier alpha value is -1.73. The first kappa shape index (κ1) is 13.7. The van der Waals surface area contributed by atoms with Gasteiger partial charge >= 0.3 is 0 Å². The monoisotopic (exact) mass is 260 g/mol. The first-order valence-corrected chi connectivity index (χ1v) is 6.51. The first-order chi connectivity index (χ1) is 9.10. The number of rotatable bonds is 3. The summed E-state index contributed by atoms with van der Waals surface area (Å²) in [6.07, 6.45) is 1.71. The third-order valence-corrected chi connectivity index (χ3v) is 3.74. The van der Waals surface area contributed by atoms with Crippen LogP contribution in [0.4, 0.5) is 4.39 Å². The summed E-state index contributed by atoms with van der Waals surface area (Å²) in [5.41, 5.74) is 0.955.